The minimum absolute atomic E-state index is 0.108. The Balaban J connectivity index is 1.55. The molecule has 2 N–H and O–H groups in total. The van der Waals surface area contributed by atoms with Crippen LogP contribution in [0.1, 0.15) is 21.5 Å². The number of nitrogens with one attached hydrogen (secondary N) is 1. The summed E-state index contributed by atoms with van der Waals surface area (Å²) in [6.07, 6.45) is 1.88. The smallest absolute Gasteiger partial charge is 0.326 e. The molecule has 4 rings (SSSR count). The number of carboxylic acids is 1. The molecule has 0 saturated carbocycles. The maximum atomic E-state index is 12.5. The Morgan fingerprint density at radius 2 is 1.66 bits per heavy atom. The Labute approximate surface area is 190 Å². The van der Waals surface area contributed by atoms with Gasteiger partial charge in [0.1, 0.15) is 12.6 Å². The van der Waals surface area contributed by atoms with Crippen molar-refractivity contribution in [3.05, 3.63) is 107 Å². The van der Waals surface area contributed by atoms with E-state index in [0.29, 0.717) is 17.2 Å². The Kier molecular flexibility index (Phi) is 6.42. The normalized spacial score (nSPS) is 11.8. The highest BCUT2D eigenvalue weighted by molar-refractivity contribution is 6.30. The fourth-order valence-corrected chi connectivity index (χ4v) is 3.59. The van der Waals surface area contributed by atoms with Gasteiger partial charge in [0, 0.05) is 28.6 Å². The fourth-order valence-electron chi connectivity index (χ4n) is 3.47. The molecule has 1 unspecified atom stereocenters. The van der Waals surface area contributed by atoms with E-state index in [4.69, 9.17) is 16.4 Å². The largest absolute Gasteiger partial charge is 0.480 e. The third kappa shape index (κ3) is 4.92. The fraction of sp³-hybridized carbons (Fsp3) is 0.120. The quantitative estimate of drug-likeness (QED) is 0.420. The summed E-state index contributed by atoms with van der Waals surface area (Å²) in [4.78, 5) is 30.4. The minimum atomic E-state index is -1.12. The van der Waals surface area contributed by atoms with E-state index in [-0.39, 0.29) is 6.42 Å². The molecule has 7 heteroatoms. The van der Waals surface area contributed by atoms with Crippen molar-refractivity contribution in [2.24, 2.45) is 0 Å². The molecule has 0 aliphatic rings. The molecule has 32 heavy (non-hydrogen) atoms. The Hall–Kier alpha value is -3.77. The lowest BCUT2D eigenvalue weighted by Gasteiger charge is -2.14. The van der Waals surface area contributed by atoms with Gasteiger partial charge in [-0.1, -0.05) is 60.1 Å². The summed E-state index contributed by atoms with van der Waals surface area (Å²) in [5.41, 5.74) is 2.95. The molecule has 0 spiro atoms. The van der Waals surface area contributed by atoms with Gasteiger partial charge in [-0.15, -0.1) is 0 Å². The van der Waals surface area contributed by atoms with Gasteiger partial charge in [-0.05, 0) is 41.5 Å². The van der Waals surface area contributed by atoms with Crippen LogP contribution in [0, 0.1) is 0 Å². The first-order valence-electron chi connectivity index (χ1n) is 10.1. The molecule has 1 atom stereocenters. The zero-order chi connectivity index (χ0) is 22.5. The van der Waals surface area contributed by atoms with E-state index >= 15 is 0 Å². The molecule has 0 aliphatic heterocycles. The molecule has 0 fully saturated rings. The number of hydrogen-bond acceptors (Lipinski definition) is 3. The van der Waals surface area contributed by atoms with Crippen molar-refractivity contribution < 1.29 is 19.5 Å². The molecule has 162 valence electrons. The molecule has 4 aromatic rings. The summed E-state index contributed by atoms with van der Waals surface area (Å²) in [6.45, 7) is 0.370. The molecule has 1 amide bonds. The van der Waals surface area contributed by atoms with Gasteiger partial charge in [-0.2, -0.15) is 4.73 Å². The Morgan fingerprint density at radius 1 is 0.969 bits per heavy atom. The first-order valence-corrected chi connectivity index (χ1v) is 10.4. The van der Waals surface area contributed by atoms with E-state index in [2.05, 4.69) is 5.32 Å². The predicted molar refractivity (Wildman–Crippen MR) is 123 cm³/mol. The van der Waals surface area contributed by atoms with Crippen LogP contribution in [0.5, 0.6) is 0 Å². The van der Waals surface area contributed by atoms with Crippen molar-refractivity contribution in [3.63, 3.8) is 0 Å². The van der Waals surface area contributed by atoms with Crippen molar-refractivity contribution in [2.45, 2.75) is 19.1 Å². The molecule has 0 aliphatic carbocycles. The first kappa shape index (κ1) is 21.5. The highest BCUT2D eigenvalue weighted by Gasteiger charge is 2.23. The van der Waals surface area contributed by atoms with Gasteiger partial charge in [0.25, 0.3) is 5.91 Å². The summed E-state index contributed by atoms with van der Waals surface area (Å²) in [5.74, 6) is -1.59. The molecule has 0 bridgehead atoms. The number of nitrogens with zero attached hydrogens (tertiary/aromatic N) is 1. The van der Waals surface area contributed by atoms with E-state index in [0.717, 1.165) is 22.0 Å². The highest BCUT2D eigenvalue weighted by Crippen LogP contribution is 2.22. The molecule has 1 aromatic heterocycles. The van der Waals surface area contributed by atoms with E-state index in [1.165, 1.54) is 0 Å². The van der Waals surface area contributed by atoms with E-state index < -0.39 is 17.9 Å². The second kappa shape index (κ2) is 9.58. The SMILES string of the molecule is O=C(NC(Cc1cn(OCc2ccccc2)c2ccccc12)C(=O)O)c1ccc(Cl)cc1. The standard InChI is InChI=1S/C25H21ClN2O4/c26-20-12-10-18(11-13-20)24(29)27-22(25(30)31)14-19-15-28(23-9-5-4-8-21(19)23)32-16-17-6-2-1-3-7-17/h1-13,15,22H,14,16H2,(H,27,29)(H,30,31). The molecule has 3 aromatic carbocycles. The number of carbonyl (C=O) groups excluding carboxylic acids is 1. The second-order valence-electron chi connectivity index (χ2n) is 7.33. The van der Waals surface area contributed by atoms with Crippen LogP contribution in [-0.2, 0) is 17.8 Å². The lowest BCUT2D eigenvalue weighted by atomic mass is 10.0. The number of halogens is 1. The van der Waals surface area contributed by atoms with Crippen LogP contribution in [-0.4, -0.2) is 27.8 Å². The lowest BCUT2D eigenvalue weighted by molar-refractivity contribution is -0.139. The van der Waals surface area contributed by atoms with Crippen LogP contribution in [0.15, 0.2) is 85.1 Å². The van der Waals surface area contributed by atoms with Crippen LogP contribution in [0.2, 0.25) is 5.02 Å². The minimum Gasteiger partial charge on any atom is -0.480 e. The molecule has 1 heterocycles. The van der Waals surface area contributed by atoms with Gasteiger partial charge < -0.3 is 15.3 Å². The monoisotopic (exact) mass is 448 g/mol. The van der Waals surface area contributed by atoms with Crippen molar-refractivity contribution in [3.8, 4) is 0 Å². The summed E-state index contributed by atoms with van der Waals surface area (Å²) < 4.78 is 1.65. The summed E-state index contributed by atoms with van der Waals surface area (Å²) in [5, 5.41) is 13.7. The predicted octanol–water partition coefficient (Wildman–Crippen LogP) is 4.35. The molecule has 0 saturated heterocycles. The molecular formula is C25H21ClN2O4. The van der Waals surface area contributed by atoms with Crippen LogP contribution < -0.4 is 10.2 Å². The van der Waals surface area contributed by atoms with E-state index in [1.54, 1.807) is 35.2 Å². The van der Waals surface area contributed by atoms with Crippen LogP contribution in [0.4, 0.5) is 0 Å². The van der Waals surface area contributed by atoms with Crippen LogP contribution in [0.25, 0.3) is 10.9 Å². The maximum absolute atomic E-state index is 12.5. The molecule has 0 radical (unpaired) electrons. The van der Waals surface area contributed by atoms with E-state index in [9.17, 15) is 14.7 Å². The zero-order valence-corrected chi connectivity index (χ0v) is 17.8. The van der Waals surface area contributed by atoms with E-state index in [1.807, 2.05) is 54.6 Å². The first-order chi connectivity index (χ1) is 15.5. The van der Waals surface area contributed by atoms with Gasteiger partial charge >= 0.3 is 5.97 Å². The molecule has 6 nitrogen and oxygen atoms in total. The zero-order valence-electron chi connectivity index (χ0n) is 17.1. The van der Waals surface area contributed by atoms with Crippen LogP contribution >= 0.6 is 11.6 Å². The Morgan fingerprint density at radius 3 is 2.38 bits per heavy atom. The third-order valence-corrected chi connectivity index (χ3v) is 5.36. The van der Waals surface area contributed by atoms with Gasteiger partial charge in [0.2, 0.25) is 0 Å². The van der Waals surface area contributed by atoms with Gasteiger partial charge in [0.15, 0.2) is 0 Å². The van der Waals surface area contributed by atoms with Crippen molar-refractivity contribution in [1.82, 2.24) is 10.0 Å². The van der Waals surface area contributed by atoms with Gasteiger partial charge in [-0.25, -0.2) is 4.79 Å². The van der Waals surface area contributed by atoms with Crippen molar-refractivity contribution in [2.75, 3.05) is 0 Å². The lowest BCUT2D eigenvalue weighted by Crippen LogP contribution is -2.42. The number of hydrogen-bond donors (Lipinski definition) is 2. The van der Waals surface area contributed by atoms with Gasteiger partial charge in [-0.3, -0.25) is 4.79 Å². The average Bonchev–Trinajstić information content (AvgIpc) is 3.16. The maximum Gasteiger partial charge on any atom is 0.326 e. The summed E-state index contributed by atoms with van der Waals surface area (Å²) in [7, 11) is 0. The number of carboxylic acid groups (broad SMARTS) is 1. The molecular weight excluding hydrogens is 428 g/mol. The van der Waals surface area contributed by atoms with Crippen LogP contribution in [0.3, 0.4) is 0 Å². The van der Waals surface area contributed by atoms with Gasteiger partial charge in [0.05, 0.1) is 5.52 Å². The third-order valence-electron chi connectivity index (χ3n) is 5.11. The summed E-state index contributed by atoms with van der Waals surface area (Å²) >= 11 is 5.86. The number of benzene rings is 3. The number of fused-ring (bicyclic) bond motifs is 1. The number of aliphatic carboxylic acids is 1. The Bertz CT molecular complexity index is 1240. The van der Waals surface area contributed by atoms with Crippen molar-refractivity contribution >= 4 is 34.4 Å². The number of rotatable bonds is 8. The number of para-hydroxylation sites is 1. The summed E-state index contributed by atoms with van der Waals surface area (Å²) in [6, 6.07) is 22.5. The number of amides is 1. The topological polar surface area (TPSA) is 80.6 Å². The second-order valence-corrected chi connectivity index (χ2v) is 7.77. The average molecular weight is 449 g/mol. The number of aromatic nitrogens is 1. The number of carbonyl (C=O) groups is 2. The highest BCUT2D eigenvalue weighted by atomic mass is 35.5. The van der Waals surface area contributed by atoms with Crippen molar-refractivity contribution in [1.29, 1.82) is 0 Å².